The summed E-state index contributed by atoms with van der Waals surface area (Å²) < 4.78 is 46.3. The van der Waals surface area contributed by atoms with Crippen LogP contribution in [0.15, 0.2) is 85.4 Å². The van der Waals surface area contributed by atoms with E-state index in [4.69, 9.17) is 4.74 Å². The molecule has 0 radical (unpaired) electrons. The number of amides is 4. The van der Waals surface area contributed by atoms with Crippen molar-refractivity contribution in [1.29, 1.82) is 0 Å². The third-order valence-electron chi connectivity index (χ3n) is 11.7. The molecule has 0 bridgehead atoms. The summed E-state index contributed by atoms with van der Waals surface area (Å²) in [6.07, 6.45) is 1.18. The van der Waals surface area contributed by atoms with Crippen LogP contribution in [-0.4, -0.2) is 93.8 Å². The van der Waals surface area contributed by atoms with Crippen molar-refractivity contribution in [2.24, 2.45) is 0 Å². The van der Waals surface area contributed by atoms with Crippen LogP contribution in [0.5, 0.6) is 0 Å². The normalized spacial score (nSPS) is 23.5. The Hall–Kier alpha value is -5.17. The van der Waals surface area contributed by atoms with Crippen LogP contribution in [-0.2, 0) is 31.8 Å². The van der Waals surface area contributed by atoms with Gasteiger partial charge in [-0.15, -0.1) is 0 Å². The van der Waals surface area contributed by atoms with E-state index >= 15 is 4.79 Å². The Kier molecular flexibility index (Phi) is 10.8. The molecule has 4 saturated heterocycles. The van der Waals surface area contributed by atoms with Crippen molar-refractivity contribution in [3.8, 4) is 0 Å². The zero-order valence-corrected chi connectivity index (χ0v) is 30.8. The second kappa shape index (κ2) is 15.5. The minimum Gasteiger partial charge on any atom is -0.447 e. The van der Waals surface area contributed by atoms with Crippen LogP contribution in [0.4, 0.5) is 18.0 Å². The smallest absolute Gasteiger partial charge is 0.416 e. The number of ether oxygens (including phenoxy) is 1. The molecule has 3 aromatic carbocycles. The van der Waals surface area contributed by atoms with Gasteiger partial charge < -0.3 is 24.8 Å². The molecule has 7 rings (SSSR count). The van der Waals surface area contributed by atoms with Crippen molar-refractivity contribution in [1.82, 2.24) is 24.9 Å². The zero-order chi connectivity index (χ0) is 38.9. The molecular weight excluding hydrogens is 711 g/mol. The largest absolute Gasteiger partial charge is 0.447 e. The number of carbonyl (C=O) groups excluding carboxylic acids is 4. The maximum Gasteiger partial charge on any atom is 0.416 e. The molecule has 13 heteroatoms. The number of likely N-dealkylation sites (tertiary alicyclic amines) is 3. The number of benzene rings is 3. The first kappa shape index (κ1) is 38.1. The molecule has 0 saturated carbocycles. The fraction of sp³-hybridized carbons (Fsp3) is 0.429. The summed E-state index contributed by atoms with van der Waals surface area (Å²) >= 11 is 0. The Morgan fingerprint density at radius 1 is 0.891 bits per heavy atom. The first-order valence-corrected chi connectivity index (χ1v) is 19.0. The van der Waals surface area contributed by atoms with Crippen molar-refractivity contribution in [3.05, 3.63) is 113 Å². The molecule has 4 amide bonds. The Morgan fingerprint density at radius 2 is 1.58 bits per heavy atom. The highest BCUT2D eigenvalue weighted by Gasteiger charge is 2.66. The third kappa shape index (κ3) is 7.21. The lowest BCUT2D eigenvalue weighted by atomic mass is 9.78. The van der Waals surface area contributed by atoms with Gasteiger partial charge >= 0.3 is 12.3 Å². The van der Waals surface area contributed by atoms with Crippen LogP contribution in [0.25, 0.3) is 6.08 Å². The summed E-state index contributed by atoms with van der Waals surface area (Å²) in [4.78, 5) is 64.8. The SMILES string of the molecule is C=Cc1ccccc1[C@@H]1[C@H](N2C(=O)OC[C@@H]2c2ccccc2)C(=O)N1C(C)(C(=O)NCc1cccc(C(F)(F)F)c1)C(=O)N1CCC(N2CCCCC2)CC1. The van der Waals surface area contributed by atoms with Crippen molar-refractivity contribution >= 4 is 29.9 Å². The summed E-state index contributed by atoms with van der Waals surface area (Å²) in [7, 11) is 0. The Labute approximate surface area is 318 Å². The standard InChI is InChI=1S/C42H46F3N5O5/c1-3-29-14-8-9-18-33(29)35-36(49-34(27-55-40(49)54)30-15-6-4-7-16-30)37(51)50(35)41(2,38(52)46-26-28-13-12-17-31(25-28)42(43,44)45)39(53)48-23-19-32(20-24-48)47-21-10-5-11-22-47/h3-4,6-9,12-18,25,32,34-36H,1,5,10-11,19-24,26-27H2,2H3,(H,46,52)/t34-,35-,36+,41?/m1/s1. The molecule has 1 unspecified atom stereocenters. The minimum atomic E-state index is -4.59. The van der Waals surface area contributed by atoms with E-state index in [1.165, 1.54) is 35.3 Å². The number of nitrogens with zero attached hydrogens (tertiary/aromatic N) is 4. The maximum absolute atomic E-state index is 15.0. The number of cyclic esters (lactones) is 1. The van der Waals surface area contributed by atoms with Crippen molar-refractivity contribution in [3.63, 3.8) is 0 Å². The van der Waals surface area contributed by atoms with Gasteiger partial charge in [-0.3, -0.25) is 19.3 Å². The van der Waals surface area contributed by atoms with Gasteiger partial charge in [0, 0.05) is 25.7 Å². The number of nitrogens with one attached hydrogen (secondary N) is 1. The molecular formula is C42H46F3N5O5. The molecule has 0 aromatic heterocycles. The van der Waals surface area contributed by atoms with E-state index in [2.05, 4.69) is 16.8 Å². The number of β-lactam (4-membered cyclic amide) rings is 1. The molecule has 4 atom stereocenters. The molecule has 4 aliphatic heterocycles. The lowest BCUT2D eigenvalue weighted by Crippen LogP contribution is -2.78. The zero-order valence-electron chi connectivity index (χ0n) is 30.8. The number of hydrogen-bond donors (Lipinski definition) is 1. The van der Waals surface area contributed by atoms with E-state index in [9.17, 15) is 27.6 Å². The highest BCUT2D eigenvalue weighted by atomic mass is 19.4. The van der Waals surface area contributed by atoms with E-state index in [0.29, 0.717) is 43.1 Å². The fourth-order valence-electron chi connectivity index (χ4n) is 8.74. The third-order valence-corrected chi connectivity index (χ3v) is 11.7. The van der Waals surface area contributed by atoms with Gasteiger partial charge in [0.2, 0.25) is 5.91 Å². The fourth-order valence-corrected chi connectivity index (χ4v) is 8.74. The van der Waals surface area contributed by atoms with E-state index < -0.39 is 59.2 Å². The quantitative estimate of drug-likeness (QED) is 0.191. The van der Waals surface area contributed by atoms with Crippen molar-refractivity contribution in [2.45, 2.75) is 81.5 Å². The number of carbonyl (C=O) groups is 4. The van der Waals surface area contributed by atoms with E-state index in [0.717, 1.165) is 43.6 Å². The molecule has 290 valence electrons. The van der Waals surface area contributed by atoms with E-state index in [-0.39, 0.29) is 18.7 Å². The average molecular weight is 758 g/mol. The molecule has 0 aliphatic carbocycles. The van der Waals surface area contributed by atoms with Gasteiger partial charge in [-0.05, 0) is 80.1 Å². The average Bonchev–Trinajstić information content (AvgIpc) is 3.58. The van der Waals surface area contributed by atoms with E-state index in [1.807, 2.05) is 30.3 Å². The minimum absolute atomic E-state index is 0.00207. The number of hydrogen-bond acceptors (Lipinski definition) is 6. The number of halogens is 3. The summed E-state index contributed by atoms with van der Waals surface area (Å²) in [5.74, 6) is -2.07. The van der Waals surface area contributed by atoms with E-state index in [1.54, 1.807) is 35.2 Å². The number of piperidine rings is 2. The maximum atomic E-state index is 15.0. The van der Waals surface area contributed by atoms with Crippen LogP contribution >= 0.6 is 0 Å². The van der Waals surface area contributed by atoms with Crippen LogP contribution in [0.2, 0.25) is 0 Å². The predicted molar refractivity (Wildman–Crippen MR) is 199 cm³/mol. The van der Waals surface area contributed by atoms with Gasteiger partial charge in [-0.1, -0.05) is 85.8 Å². The van der Waals surface area contributed by atoms with Crippen LogP contribution in [0, 0.1) is 0 Å². The Balaban J connectivity index is 1.26. The van der Waals surface area contributed by atoms with Gasteiger partial charge in [0.25, 0.3) is 11.8 Å². The number of alkyl halides is 3. The van der Waals surface area contributed by atoms with Crippen molar-refractivity contribution < 1.29 is 37.1 Å². The van der Waals surface area contributed by atoms with Gasteiger partial charge in [-0.2, -0.15) is 13.2 Å². The molecule has 4 aliphatic rings. The number of rotatable bonds is 10. The molecule has 3 aromatic rings. The summed E-state index contributed by atoms with van der Waals surface area (Å²) in [6, 6.07) is 18.5. The highest BCUT2D eigenvalue weighted by molar-refractivity contribution is 6.14. The first-order valence-electron chi connectivity index (χ1n) is 19.0. The van der Waals surface area contributed by atoms with Gasteiger partial charge in [0.1, 0.15) is 12.6 Å². The molecule has 55 heavy (non-hydrogen) atoms. The van der Waals surface area contributed by atoms with Gasteiger partial charge in [0.05, 0.1) is 17.6 Å². The van der Waals surface area contributed by atoms with Gasteiger partial charge in [-0.25, -0.2) is 4.79 Å². The summed E-state index contributed by atoms with van der Waals surface area (Å²) in [5, 5.41) is 2.72. The Bertz CT molecular complexity index is 1930. The summed E-state index contributed by atoms with van der Waals surface area (Å²) in [5.41, 5.74) is -0.890. The second-order valence-electron chi connectivity index (χ2n) is 14.9. The molecule has 4 heterocycles. The van der Waals surface area contributed by atoms with Crippen LogP contribution in [0.1, 0.15) is 78.9 Å². The lowest BCUT2D eigenvalue weighted by molar-refractivity contribution is -0.183. The molecule has 4 fully saturated rings. The van der Waals surface area contributed by atoms with Gasteiger partial charge in [0.15, 0.2) is 5.54 Å². The first-order chi connectivity index (χ1) is 26.4. The van der Waals surface area contributed by atoms with Crippen LogP contribution in [0.3, 0.4) is 0 Å². The van der Waals surface area contributed by atoms with Crippen molar-refractivity contribution in [2.75, 3.05) is 32.8 Å². The monoisotopic (exact) mass is 757 g/mol. The van der Waals surface area contributed by atoms with Crippen LogP contribution < -0.4 is 5.32 Å². The molecule has 0 spiro atoms. The highest BCUT2D eigenvalue weighted by Crippen LogP contribution is 2.49. The molecule has 10 nitrogen and oxygen atoms in total. The summed E-state index contributed by atoms with van der Waals surface area (Å²) in [6.45, 7) is 7.79. The topological polar surface area (TPSA) is 102 Å². The molecule has 1 N–H and O–H groups in total. The second-order valence-corrected chi connectivity index (χ2v) is 14.9. The Morgan fingerprint density at radius 3 is 2.27 bits per heavy atom. The lowest BCUT2D eigenvalue weighted by Gasteiger charge is -2.57. The predicted octanol–water partition coefficient (Wildman–Crippen LogP) is 6.35.